The highest BCUT2D eigenvalue weighted by Gasteiger charge is 2.30. The summed E-state index contributed by atoms with van der Waals surface area (Å²) in [5, 5.41) is 8.86. The Morgan fingerprint density at radius 2 is 1.94 bits per heavy atom. The summed E-state index contributed by atoms with van der Waals surface area (Å²) in [6.07, 6.45) is 3.03. The Kier molecular flexibility index (Phi) is 5.59. The van der Waals surface area contributed by atoms with E-state index in [1.807, 2.05) is 0 Å². The Morgan fingerprint density at radius 3 is 2.39 bits per heavy atom. The summed E-state index contributed by atoms with van der Waals surface area (Å²) in [5.74, 6) is -2.27. The van der Waals surface area contributed by atoms with E-state index in [4.69, 9.17) is 5.11 Å². The minimum absolute atomic E-state index is 0.187. The van der Waals surface area contributed by atoms with E-state index in [1.165, 1.54) is 6.92 Å². The van der Waals surface area contributed by atoms with Crippen LogP contribution < -0.4 is 0 Å². The van der Waals surface area contributed by atoms with Crippen LogP contribution in [0.4, 0.5) is 0 Å². The van der Waals surface area contributed by atoms with E-state index in [0.717, 1.165) is 38.9 Å². The zero-order valence-corrected chi connectivity index (χ0v) is 11.6. The fourth-order valence-corrected chi connectivity index (χ4v) is 2.44. The summed E-state index contributed by atoms with van der Waals surface area (Å²) in [6, 6.07) is 0.187. The zero-order valence-electron chi connectivity index (χ0n) is 11.6. The summed E-state index contributed by atoms with van der Waals surface area (Å²) in [4.78, 5) is 26.8. The Hall–Kier alpha value is -1.10. The average Bonchev–Trinajstić information content (AvgIpc) is 2.37. The van der Waals surface area contributed by atoms with Crippen LogP contribution in [0.1, 0.15) is 33.1 Å². The number of carbonyl (C=O) groups excluding carboxylic acids is 1. The van der Waals surface area contributed by atoms with Gasteiger partial charge in [0.2, 0.25) is 5.91 Å². The molecule has 1 fully saturated rings. The van der Waals surface area contributed by atoms with E-state index in [9.17, 15) is 9.59 Å². The number of carboxylic acids is 1. The molecule has 5 nitrogen and oxygen atoms in total. The molecule has 1 amide bonds. The molecule has 1 aliphatic heterocycles. The van der Waals surface area contributed by atoms with Gasteiger partial charge in [-0.25, -0.2) is 0 Å². The number of nitrogens with zero attached hydrogens (tertiary/aromatic N) is 2. The van der Waals surface area contributed by atoms with Gasteiger partial charge in [0.15, 0.2) is 0 Å². The lowest BCUT2D eigenvalue weighted by atomic mass is 10.0. The number of aliphatic carboxylic acids is 1. The van der Waals surface area contributed by atoms with Crippen LogP contribution in [-0.4, -0.2) is 59.5 Å². The van der Waals surface area contributed by atoms with Crippen LogP contribution in [0.2, 0.25) is 0 Å². The number of amides is 1. The summed E-state index contributed by atoms with van der Waals surface area (Å²) in [5.41, 5.74) is 0. The van der Waals surface area contributed by atoms with Gasteiger partial charge in [-0.15, -0.1) is 0 Å². The van der Waals surface area contributed by atoms with Crippen molar-refractivity contribution in [1.82, 2.24) is 9.80 Å². The number of carbonyl (C=O) groups is 2. The van der Waals surface area contributed by atoms with Gasteiger partial charge < -0.3 is 14.9 Å². The van der Waals surface area contributed by atoms with Gasteiger partial charge in [-0.05, 0) is 32.7 Å². The van der Waals surface area contributed by atoms with E-state index in [2.05, 4.69) is 11.8 Å². The smallest absolute Gasteiger partial charge is 0.315 e. The van der Waals surface area contributed by atoms with Gasteiger partial charge in [-0.3, -0.25) is 9.59 Å². The molecule has 0 saturated carbocycles. The Bertz CT molecular complexity index is 299. The monoisotopic (exact) mass is 256 g/mol. The third kappa shape index (κ3) is 3.70. The normalized spacial score (nSPS) is 19.5. The molecule has 1 rings (SSSR count). The third-order valence-electron chi connectivity index (χ3n) is 3.73. The maximum atomic E-state index is 11.9. The highest BCUT2D eigenvalue weighted by atomic mass is 16.4. The van der Waals surface area contributed by atoms with E-state index in [0.29, 0.717) is 0 Å². The van der Waals surface area contributed by atoms with Crippen molar-refractivity contribution in [3.05, 3.63) is 0 Å². The molecule has 1 unspecified atom stereocenters. The first-order valence-corrected chi connectivity index (χ1v) is 6.69. The van der Waals surface area contributed by atoms with E-state index < -0.39 is 11.9 Å². The summed E-state index contributed by atoms with van der Waals surface area (Å²) >= 11 is 0. The summed E-state index contributed by atoms with van der Waals surface area (Å²) in [6.45, 7) is 6.72. The highest BCUT2D eigenvalue weighted by Crippen LogP contribution is 2.17. The predicted molar refractivity (Wildman–Crippen MR) is 69.3 cm³/mol. The SMILES string of the molecule is CCCN1CCC(N(C)C(=O)C(C)C(=O)O)CC1. The van der Waals surface area contributed by atoms with E-state index in [1.54, 1.807) is 11.9 Å². The maximum absolute atomic E-state index is 11.9. The van der Waals surface area contributed by atoms with Gasteiger partial charge in [-0.1, -0.05) is 6.92 Å². The molecule has 1 atom stereocenters. The Balaban J connectivity index is 2.47. The van der Waals surface area contributed by atoms with Crippen molar-refractivity contribution in [2.75, 3.05) is 26.7 Å². The number of piperidine rings is 1. The molecule has 0 aromatic heterocycles. The standard InChI is InChI=1S/C13H24N2O3/c1-4-7-15-8-5-11(6-9-15)14(3)12(16)10(2)13(17)18/h10-11H,4-9H2,1-3H3,(H,17,18). The molecular weight excluding hydrogens is 232 g/mol. The van der Waals surface area contributed by atoms with Crippen LogP contribution in [0.25, 0.3) is 0 Å². The highest BCUT2D eigenvalue weighted by molar-refractivity contribution is 5.96. The molecule has 0 spiro atoms. The second kappa shape index (κ2) is 6.73. The molecule has 5 heteroatoms. The lowest BCUT2D eigenvalue weighted by Gasteiger charge is -2.37. The molecule has 0 radical (unpaired) electrons. The minimum Gasteiger partial charge on any atom is -0.481 e. The van der Waals surface area contributed by atoms with Crippen LogP contribution in [0.15, 0.2) is 0 Å². The average molecular weight is 256 g/mol. The fourth-order valence-electron chi connectivity index (χ4n) is 2.44. The largest absolute Gasteiger partial charge is 0.481 e. The lowest BCUT2D eigenvalue weighted by molar-refractivity contribution is -0.151. The van der Waals surface area contributed by atoms with Gasteiger partial charge in [0.25, 0.3) is 0 Å². The molecule has 1 heterocycles. The maximum Gasteiger partial charge on any atom is 0.315 e. The first-order valence-electron chi connectivity index (χ1n) is 6.69. The van der Waals surface area contributed by atoms with Crippen molar-refractivity contribution >= 4 is 11.9 Å². The number of carboxylic acid groups (broad SMARTS) is 1. The Labute approximate surface area is 109 Å². The first-order chi connectivity index (χ1) is 8.47. The minimum atomic E-state index is -1.05. The fraction of sp³-hybridized carbons (Fsp3) is 0.846. The molecule has 0 aromatic carbocycles. The van der Waals surface area contributed by atoms with Crippen molar-refractivity contribution in [2.24, 2.45) is 5.92 Å². The second-order valence-electron chi connectivity index (χ2n) is 5.08. The van der Waals surface area contributed by atoms with E-state index in [-0.39, 0.29) is 11.9 Å². The third-order valence-corrected chi connectivity index (χ3v) is 3.73. The quantitative estimate of drug-likeness (QED) is 0.747. The number of hydrogen-bond donors (Lipinski definition) is 1. The summed E-state index contributed by atoms with van der Waals surface area (Å²) in [7, 11) is 1.72. The number of hydrogen-bond acceptors (Lipinski definition) is 3. The molecule has 18 heavy (non-hydrogen) atoms. The van der Waals surface area contributed by atoms with Crippen LogP contribution in [0.3, 0.4) is 0 Å². The van der Waals surface area contributed by atoms with Crippen LogP contribution >= 0.6 is 0 Å². The van der Waals surface area contributed by atoms with Gasteiger partial charge in [0.1, 0.15) is 5.92 Å². The van der Waals surface area contributed by atoms with Crippen molar-refractivity contribution in [1.29, 1.82) is 0 Å². The first kappa shape index (κ1) is 15.0. The molecular formula is C13H24N2O3. The summed E-state index contributed by atoms with van der Waals surface area (Å²) < 4.78 is 0. The molecule has 1 aliphatic rings. The topological polar surface area (TPSA) is 60.9 Å². The van der Waals surface area contributed by atoms with Crippen molar-refractivity contribution < 1.29 is 14.7 Å². The zero-order chi connectivity index (χ0) is 13.7. The van der Waals surface area contributed by atoms with E-state index >= 15 is 0 Å². The van der Waals surface area contributed by atoms with Gasteiger partial charge in [-0.2, -0.15) is 0 Å². The predicted octanol–water partition coefficient (Wildman–Crippen LogP) is 1.04. The van der Waals surface area contributed by atoms with Gasteiger partial charge in [0.05, 0.1) is 0 Å². The molecule has 1 N–H and O–H groups in total. The van der Waals surface area contributed by atoms with Gasteiger partial charge in [0, 0.05) is 26.2 Å². The second-order valence-corrected chi connectivity index (χ2v) is 5.08. The molecule has 104 valence electrons. The van der Waals surface area contributed by atoms with Crippen molar-refractivity contribution in [3.8, 4) is 0 Å². The van der Waals surface area contributed by atoms with Crippen molar-refractivity contribution in [2.45, 2.75) is 39.2 Å². The van der Waals surface area contributed by atoms with Crippen molar-refractivity contribution in [3.63, 3.8) is 0 Å². The Morgan fingerprint density at radius 1 is 1.39 bits per heavy atom. The lowest BCUT2D eigenvalue weighted by Crippen LogP contribution is -2.48. The van der Waals surface area contributed by atoms with Crippen LogP contribution in [-0.2, 0) is 9.59 Å². The molecule has 0 aromatic rings. The van der Waals surface area contributed by atoms with Gasteiger partial charge >= 0.3 is 5.97 Å². The molecule has 0 aliphatic carbocycles. The van der Waals surface area contributed by atoms with Crippen LogP contribution in [0.5, 0.6) is 0 Å². The number of likely N-dealkylation sites (tertiary alicyclic amines) is 1. The molecule has 0 bridgehead atoms. The molecule has 1 saturated heterocycles. The van der Waals surface area contributed by atoms with Crippen LogP contribution in [0, 0.1) is 5.92 Å². The number of rotatable bonds is 5.